The van der Waals surface area contributed by atoms with Gasteiger partial charge in [-0.05, 0) is 93.9 Å². The van der Waals surface area contributed by atoms with Crippen molar-refractivity contribution in [2.45, 2.75) is 213 Å². The zero-order valence-corrected chi connectivity index (χ0v) is 48.2. The van der Waals surface area contributed by atoms with Gasteiger partial charge in [0, 0.05) is 68.2 Å². The number of ether oxygens (including phenoxy) is 2. The number of carbonyl (C=O) groups excluding carboxylic acids is 6. The molecule has 2 unspecified atom stereocenters. The molecular formula is C60H93N5O14. The van der Waals surface area contributed by atoms with Crippen LogP contribution in [0, 0.1) is 47.3 Å². The van der Waals surface area contributed by atoms with E-state index in [0.717, 1.165) is 0 Å². The van der Waals surface area contributed by atoms with E-state index in [-0.39, 0.29) is 92.1 Å². The van der Waals surface area contributed by atoms with Gasteiger partial charge in [-0.25, -0.2) is 5.43 Å². The minimum absolute atomic E-state index is 0.0349. The van der Waals surface area contributed by atoms with E-state index in [4.69, 9.17) is 9.47 Å². The summed E-state index contributed by atoms with van der Waals surface area (Å²) < 4.78 is 12.9. The normalized spacial score (nSPS) is 35.0. The molecule has 3 fully saturated rings. The van der Waals surface area contributed by atoms with Crippen LogP contribution in [0.15, 0.2) is 60.2 Å². The predicted octanol–water partition coefficient (Wildman–Crippen LogP) is 4.60. The van der Waals surface area contributed by atoms with Gasteiger partial charge in [0.2, 0.25) is 17.7 Å². The van der Waals surface area contributed by atoms with Gasteiger partial charge in [-0.1, -0.05) is 97.9 Å². The Labute approximate surface area is 467 Å². The van der Waals surface area contributed by atoms with Gasteiger partial charge in [-0.2, -0.15) is 0 Å². The van der Waals surface area contributed by atoms with Crippen LogP contribution in [0.25, 0.3) is 0 Å². The Balaban J connectivity index is 1.35. The van der Waals surface area contributed by atoms with Crippen molar-refractivity contribution in [2.75, 3.05) is 6.54 Å². The number of esters is 1. The number of rotatable bonds is 15. The molecule has 442 valence electrons. The fourth-order valence-electron chi connectivity index (χ4n) is 11.6. The Bertz CT molecular complexity index is 2330. The molecule has 2 bridgehead atoms. The second-order valence-corrected chi connectivity index (χ2v) is 23.7. The number of benzene rings is 1. The van der Waals surface area contributed by atoms with E-state index >= 15 is 0 Å². The topological polar surface area (TPSA) is 294 Å². The van der Waals surface area contributed by atoms with Crippen LogP contribution in [0.4, 0.5) is 0 Å². The van der Waals surface area contributed by atoms with Crippen LogP contribution in [0.2, 0.25) is 0 Å². The number of aliphatic hydroxyl groups excluding tert-OH is 5. The molecule has 0 aromatic heterocycles. The molecule has 19 heteroatoms. The highest BCUT2D eigenvalue weighted by Crippen LogP contribution is 2.46. The van der Waals surface area contributed by atoms with E-state index in [1.807, 2.05) is 52.8 Å². The Hall–Kier alpha value is -5.02. The minimum Gasteiger partial charge on any atom is -0.508 e. The zero-order chi connectivity index (χ0) is 58.5. The summed E-state index contributed by atoms with van der Waals surface area (Å²) in [6, 6.07) is 2.77. The molecular weight excluding hydrogens is 1010 g/mol. The lowest BCUT2D eigenvalue weighted by molar-refractivity contribution is -0.267. The van der Waals surface area contributed by atoms with Crippen LogP contribution in [0.5, 0.6) is 5.75 Å². The van der Waals surface area contributed by atoms with Gasteiger partial charge in [0.1, 0.15) is 41.5 Å². The molecule has 4 heterocycles. The van der Waals surface area contributed by atoms with Crippen LogP contribution >= 0.6 is 0 Å². The first-order valence-electron chi connectivity index (χ1n) is 28.8. The SMILES string of the molecule is CC[C@H]1C[C@H](C)[C@@]2(NC1=O)O[C@@H](C[C@H](O)[C@@H](C)CCC=CC=C(C)[C@@H]1CC=CC(O)C[C@H](O)[C@H](C)[C@@H](O)[C@@H](CCC(C)=O)C(=O)N[C@@H](C(C)C)C(=O)N[C@@H](Cc3cccc(O)c3)C(=O)N3CCCC(N3)C(=O)O1)[C@H](C)[C@H](O)[C@@H]2C. The molecule has 19 nitrogen and oxygen atoms in total. The van der Waals surface area contributed by atoms with Crippen molar-refractivity contribution in [3.05, 3.63) is 65.8 Å². The maximum absolute atomic E-state index is 14.5. The summed E-state index contributed by atoms with van der Waals surface area (Å²) in [4.78, 5) is 82.3. The Morgan fingerprint density at radius 1 is 0.937 bits per heavy atom. The molecule has 4 aliphatic heterocycles. The third kappa shape index (κ3) is 17.3. The van der Waals surface area contributed by atoms with Gasteiger partial charge in [-0.15, -0.1) is 0 Å². The average molecular weight is 1110 g/mol. The number of phenols is 1. The van der Waals surface area contributed by atoms with Crippen molar-refractivity contribution < 1.29 is 68.9 Å². The number of ketones is 1. The molecule has 18 atom stereocenters. The third-order valence-electron chi connectivity index (χ3n) is 17.2. The van der Waals surface area contributed by atoms with Crippen LogP contribution < -0.4 is 21.4 Å². The quantitative estimate of drug-likeness (QED) is 0.0653. The number of hydrazine groups is 1. The van der Waals surface area contributed by atoms with Crippen molar-refractivity contribution in [2.24, 2.45) is 47.3 Å². The fraction of sp³-hybridized carbons (Fsp3) is 0.700. The highest BCUT2D eigenvalue weighted by Gasteiger charge is 2.57. The Morgan fingerprint density at radius 3 is 2.33 bits per heavy atom. The van der Waals surface area contributed by atoms with Gasteiger partial charge in [0.05, 0.1) is 42.5 Å². The number of aromatic hydroxyl groups is 1. The molecule has 0 saturated carbocycles. The number of phenolic OH excluding ortho intramolecular Hbond substituents is 1. The number of fused-ring (bicyclic) bond motifs is 2. The molecule has 1 aromatic rings. The molecule has 10 N–H and O–H groups in total. The van der Waals surface area contributed by atoms with E-state index in [1.165, 1.54) is 37.1 Å². The summed E-state index contributed by atoms with van der Waals surface area (Å²) in [5.74, 6) is -6.73. The highest BCUT2D eigenvalue weighted by molar-refractivity contribution is 5.93. The fourth-order valence-corrected chi connectivity index (χ4v) is 11.6. The number of nitrogens with zero attached hydrogens (tertiary/aromatic N) is 1. The van der Waals surface area contributed by atoms with E-state index in [2.05, 4.69) is 21.4 Å². The van der Waals surface area contributed by atoms with Crippen molar-refractivity contribution in [3.63, 3.8) is 0 Å². The van der Waals surface area contributed by atoms with Gasteiger partial charge in [-0.3, -0.25) is 29.0 Å². The molecule has 79 heavy (non-hydrogen) atoms. The molecule has 4 amide bonds. The first kappa shape index (κ1) is 64.8. The average Bonchev–Trinajstić information content (AvgIpc) is 3.58. The number of hydrogen-bond acceptors (Lipinski definition) is 15. The molecule has 1 aromatic carbocycles. The maximum Gasteiger partial charge on any atom is 0.325 e. The van der Waals surface area contributed by atoms with Crippen molar-refractivity contribution >= 4 is 35.4 Å². The van der Waals surface area contributed by atoms with Crippen LogP contribution in [0.3, 0.4) is 0 Å². The number of allylic oxidation sites excluding steroid dienone is 3. The Morgan fingerprint density at radius 2 is 1.66 bits per heavy atom. The van der Waals surface area contributed by atoms with Crippen LogP contribution in [-0.4, -0.2) is 144 Å². The second kappa shape index (κ2) is 29.6. The minimum atomic E-state index is -1.51. The standard InChI is InChI=1S/C60H93N5O14/c1-11-42-28-36(6)60(63-55(42)73)40(10)53(71)39(9)51(79-60)32-48(69)34(4)18-13-12-14-19-35(5)50-24-16-22-44(68)31-49(70)38(8)54(72)45(26-25-37(7)66)56(74)62-52(33(2)3)57(75)61-47(30-41-20-15-21-43(67)29-41)58(76)65-27-17-23-46(64-65)59(77)78-50/h12,14-16,19-22,29,33-34,36,38-40,42,44-54,64,67-72H,11,13,17-18,23-28,30-32H2,1-10H3,(H,61,75)(H,62,74)(H,63,73)/t34-,36-,38-,39-,40-,42-,44?,45+,46?,47-,48-,49-,50-,51-,52-,53-,54+,60+/m0/s1. The number of aliphatic hydroxyl groups is 5. The summed E-state index contributed by atoms with van der Waals surface area (Å²) in [6.45, 7) is 18.1. The molecule has 0 aliphatic carbocycles. The second-order valence-electron chi connectivity index (χ2n) is 23.7. The summed E-state index contributed by atoms with van der Waals surface area (Å²) in [6.07, 6.45) is 4.99. The predicted molar refractivity (Wildman–Crippen MR) is 297 cm³/mol. The van der Waals surface area contributed by atoms with E-state index in [0.29, 0.717) is 49.7 Å². The first-order chi connectivity index (χ1) is 37.3. The largest absolute Gasteiger partial charge is 0.508 e. The van der Waals surface area contributed by atoms with Crippen molar-refractivity contribution in [3.8, 4) is 5.75 Å². The van der Waals surface area contributed by atoms with E-state index < -0.39 is 108 Å². The monoisotopic (exact) mass is 1110 g/mol. The van der Waals surface area contributed by atoms with E-state index in [9.17, 15) is 59.4 Å². The van der Waals surface area contributed by atoms with Crippen molar-refractivity contribution in [1.82, 2.24) is 26.4 Å². The number of amides is 4. The first-order valence-corrected chi connectivity index (χ1v) is 28.8. The van der Waals surface area contributed by atoms with Gasteiger partial charge in [0.25, 0.3) is 5.91 Å². The van der Waals surface area contributed by atoms with Crippen molar-refractivity contribution in [1.29, 1.82) is 0 Å². The summed E-state index contributed by atoms with van der Waals surface area (Å²) in [7, 11) is 0. The zero-order valence-electron chi connectivity index (χ0n) is 48.2. The Kier molecular flexibility index (Phi) is 24.3. The summed E-state index contributed by atoms with van der Waals surface area (Å²) >= 11 is 0. The van der Waals surface area contributed by atoms with Crippen LogP contribution in [-0.2, 0) is 44.7 Å². The smallest absolute Gasteiger partial charge is 0.325 e. The third-order valence-corrected chi connectivity index (χ3v) is 17.2. The summed E-state index contributed by atoms with van der Waals surface area (Å²) in [5, 5.41) is 77.3. The molecule has 0 radical (unpaired) electrons. The lowest BCUT2D eigenvalue weighted by Crippen LogP contribution is -2.71. The maximum atomic E-state index is 14.5. The number of Topliss-reactive ketones (excluding diaryl/α,β-unsaturated/α-hetero) is 1. The van der Waals surface area contributed by atoms with Gasteiger partial charge in [0.15, 0.2) is 0 Å². The number of piperidine rings is 1. The number of hydrogen-bond donors (Lipinski definition) is 10. The molecule has 3 saturated heterocycles. The number of carbonyl (C=O) groups is 6. The molecule has 4 aliphatic rings. The molecule has 1 spiro atoms. The lowest BCUT2D eigenvalue weighted by Gasteiger charge is -2.56. The lowest BCUT2D eigenvalue weighted by atomic mass is 9.69. The van der Waals surface area contributed by atoms with Gasteiger partial charge < -0.3 is 60.9 Å². The summed E-state index contributed by atoms with van der Waals surface area (Å²) in [5.41, 5.74) is 3.16. The van der Waals surface area contributed by atoms with Gasteiger partial charge >= 0.3 is 5.97 Å². The number of cyclic esters (lactones) is 1. The van der Waals surface area contributed by atoms with E-state index in [1.54, 1.807) is 39.0 Å². The van der Waals surface area contributed by atoms with Crippen LogP contribution in [0.1, 0.15) is 145 Å². The highest BCUT2D eigenvalue weighted by atomic mass is 16.5. The molecule has 5 rings (SSSR count). The number of nitrogens with one attached hydrogen (secondary N) is 4.